The fourth-order valence-electron chi connectivity index (χ4n) is 1.31. The Bertz CT molecular complexity index is 512. The van der Waals surface area contributed by atoms with E-state index < -0.39 is 11.9 Å². The number of hydrogen-bond donors (Lipinski definition) is 1. The van der Waals surface area contributed by atoms with E-state index in [1.54, 1.807) is 25.1 Å². The van der Waals surface area contributed by atoms with Crippen molar-refractivity contribution in [2.75, 3.05) is 6.61 Å². The molecule has 6 heteroatoms. The van der Waals surface area contributed by atoms with Crippen molar-refractivity contribution in [3.05, 3.63) is 39.9 Å². The minimum Gasteiger partial charge on any atom is -0.462 e. The van der Waals surface area contributed by atoms with Gasteiger partial charge in [0.1, 0.15) is 0 Å². The first kappa shape index (κ1) is 14.5. The van der Waals surface area contributed by atoms with E-state index in [4.69, 9.17) is 33.7 Å². The van der Waals surface area contributed by atoms with Crippen LogP contribution in [0.3, 0.4) is 0 Å². The van der Waals surface area contributed by atoms with E-state index >= 15 is 0 Å². The van der Waals surface area contributed by atoms with E-state index in [2.05, 4.69) is 0 Å². The largest absolute Gasteiger partial charge is 0.462 e. The smallest absolute Gasteiger partial charge is 0.338 e. The van der Waals surface area contributed by atoms with E-state index in [1.165, 1.54) is 0 Å². The molecular weight excluding hydrogens is 277 g/mol. The Kier molecular flexibility index (Phi) is 5.19. The van der Waals surface area contributed by atoms with Gasteiger partial charge < -0.3 is 10.5 Å². The molecule has 0 aliphatic heterocycles. The van der Waals surface area contributed by atoms with Crippen LogP contribution in [0, 0.1) is 0 Å². The Morgan fingerprint density at radius 2 is 2.06 bits per heavy atom. The van der Waals surface area contributed by atoms with Gasteiger partial charge in [-0.1, -0.05) is 35.3 Å². The van der Waals surface area contributed by atoms with E-state index in [0.717, 1.165) is 6.08 Å². The van der Waals surface area contributed by atoms with Crippen LogP contribution in [0.4, 0.5) is 0 Å². The van der Waals surface area contributed by atoms with E-state index in [-0.39, 0.29) is 22.2 Å². The molecule has 0 spiro atoms. The molecule has 0 fully saturated rings. The number of amides is 1. The summed E-state index contributed by atoms with van der Waals surface area (Å²) in [6.07, 6.45) is 0.968. The number of nitrogens with two attached hydrogens (primary N) is 1. The van der Waals surface area contributed by atoms with Crippen LogP contribution >= 0.6 is 23.2 Å². The lowest BCUT2D eigenvalue weighted by Crippen LogP contribution is -2.13. The maximum absolute atomic E-state index is 11.7. The molecule has 4 nitrogen and oxygen atoms in total. The highest BCUT2D eigenvalue weighted by Crippen LogP contribution is 2.31. The molecule has 0 aromatic heterocycles. The molecule has 0 aliphatic rings. The number of primary amides is 1. The van der Waals surface area contributed by atoms with Gasteiger partial charge in [0.15, 0.2) is 0 Å². The van der Waals surface area contributed by atoms with Crippen molar-refractivity contribution in [2.24, 2.45) is 5.73 Å². The van der Waals surface area contributed by atoms with Crippen molar-refractivity contribution in [2.45, 2.75) is 6.92 Å². The van der Waals surface area contributed by atoms with Gasteiger partial charge in [-0.15, -0.1) is 0 Å². The monoisotopic (exact) mass is 287 g/mol. The third-order valence-corrected chi connectivity index (χ3v) is 2.84. The van der Waals surface area contributed by atoms with Crippen molar-refractivity contribution in [3.8, 4) is 0 Å². The lowest BCUT2D eigenvalue weighted by atomic mass is 10.1. The third-order valence-electron chi connectivity index (χ3n) is 2.02. The summed E-state index contributed by atoms with van der Waals surface area (Å²) in [5, 5.41) is 0.438. The Balaban J connectivity index is 3.31. The van der Waals surface area contributed by atoms with Crippen molar-refractivity contribution < 1.29 is 14.3 Å². The molecule has 1 aromatic carbocycles. The van der Waals surface area contributed by atoms with E-state index in [0.29, 0.717) is 5.56 Å². The summed E-state index contributed by atoms with van der Waals surface area (Å²) in [6.45, 7) is 1.83. The number of rotatable bonds is 4. The number of hydrogen-bond acceptors (Lipinski definition) is 3. The fraction of sp³-hybridized carbons (Fsp3) is 0.167. The Morgan fingerprint density at radius 1 is 1.39 bits per heavy atom. The highest BCUT2D eigenvalue weighted by atomic mass is 35.5. The van der Waals surface area contributed by atoms with Crippen LogP contribution in [0.2, 0.25) is 10.0 Å². The van der Waals surface area contributed by atoms with Gasteiger partial charge in [0.2, 0.25) is 5.91 Å². The minimum atomic E-state index is -0.769. The zero-order valence-electron chi connectivity index (χ0n) is 9.57. The molecule has 0 radical (unpaired) electrons. The van der Waals surface area contributed by atoms with Gasteiger partial charge in [0.05, 0.1) is 22.2 Å². The molecule has 1 aromatic rings. The van der Waals surface area contributed by atoms with E-state index in [9.17, 15) is 9.59 Å². The summed E-state index contributed by atoms with van der Waals surface area (Å²) in [5.41, 5.74) is 5.34. The fourth-order valence-corrected chi connectivity index (χ4v) is 1.71. The average molecular weight is 288 g/mol. The summed E-state index contributed by atoms with van der Waals surface area (Å²) in [6, 6.07) is 4.73. The normalized spacial score (nSPS) is 11.2. The number of ether oxygens (including phenoxy) is 1. The van der Waals surface area contributed by atoms with Crippen LogP contribution in [0.5, 0.6) is 0 Å². The molecule has 0 heterocycles. The van der Waals surface area contributed by atoms with Gasteiger partial charge in [-0.3, -0.25) is 4.79 Å². The molecule has 0 aliphatic carbocycles. The van der Waals surface area contributed by atoms with Crippen molar-refractivity contribution >= 4 is 40.7 Å². The maximum Gasteiger partial charge on any atom is 0.338 e. The summed E-state index contributed by atoms with van der Waals surface area (Å²) in [4.78, 5) is 22.7. The average Bonchev–Trinajstić information content (AvgIpc) is 2.30. The molecular formula is C12H11Cl2NO3. The minimum absolute atomic E-state index is 0.0168. The van der Waals surface area contributed by atoms with Crippen molar-refractivity contribution in [1.82, 2.24) is 0 Å². The molecule has 96 valence electrons. The van der Waals surface area contributed by atoms with Crippen LogP contribution < -0.4 is 5.73 Å². The zero-order valence-corrected chi connectivity index (χ0v) is 11.1. The van der Waals surface area contributed by atoms with Crippen LogP contribution in [-0.4, -0.2) is 18.5 Å². The molecule has 0 atom stereocenters. The molecule has 0 unspecified atom stereocenters. The quantitative estimate of drug-likeness (QED) is 0.683. The molecule has 1 amide bonds. The first-order valence-corrected chi connectivity index (χ1v) is 5.85. The highest BCUT2D eigenvalue weighted by molar-refractivity contribution is 6.44. The number of carbonyl (C=O) groups is 2. The highest BCUT2D eigenvalue weighted by Gasteiger charge is 2.18. The first-order chi connectivity index (χ1) is 8.47. The third kappa shape index (κ3) is 3.48. The van der Waals surface area contributed by atoms with Crippen molar-refractivity contribution in [1.29, 1.82) is 0 Å². The van der Waals surface area contributed by atoms with Gasteiger partial charge in [-0.05, 0) is 13.0 Å². The van der Waals surface area contributed by atoms with Crippen LogP contribution in [-0.2, 0) is 14.3 Å². The van der Waals surface area contributed by atoms with Gasteiger partial charge in [0, 0.05) is 11.6 Å². The molecule has 1 rings (SSSR count). The number of esters is 1. The zero-order chi connectivity index (χ0) is 13.7. The number of benzene rings is 1. The Labute approximate surface area is 114 Å². The van der Waals surface area contributed by atoms with Gasteiger partial charge in [-0.2, -0.15) is 0 Å². The lowest BCUT2D eigenvalue weighted by Gasteiger charge is -2.09. The summed E-state index contributed by atoms with van der Waals surface area (Å²) < 4.78 is 4.84. The topological polar surface area (TPSA) is 69.4 Å². The van der Waals surface area contributed by atoms with Crippen molar-refractivity contribution in [3.63, 3.8) is 0 Å². The predicted octanol–water partition coefficient (Wildman–Crippen LogP) is 2.43. The van der Waals surface area contributed by atoms with Crippen LogP contribution in [0.25, 0.3) is 5.57 Å². The number of halogens is 2. The molecule has 0 saturated heterocycles. The lowest BCUT2D eigenvalue weighted by molar-refractivity contribution is -0.136. The summed E-state index contributed by atoms with van der Waals surface area (Å²) >= 11 is 11.8. The SMILES string of the molecule is CCOC(=O)C(=CC(N)=O)c1cccc(Cl)c1Cl. The van der Waals surface area contributed by atoms with E-state index in [1.807, 2.05) is 0 Å². The summed E-state index contributed by atoms with van der Waals surface area (Å²) in [7, 11) is 0. The molecule has 0 bridgehead atoms. The van der Waals surface area contributed by atoms with Gasteiger partial charge in [-0.25, -0.2) is 4.79 Å². The van der Waals surface area contributed by atoms with Crippen LogP contribution in [0.1, 0.15) is 12.5 Å². The van der Waals surface area contributed by atoms with Gasteiger partial charge >= 0.3 is 5.97 Å². The predicted molar refractivity (Wildman–Crippen MR) is 70.3 cm³/mol. The Morgan fingerprint density at radius 3 is 2.61 bits per heavy atom. The standard InChI is InChI=1S/C12H11Cl2NO3/c1-2-18-12(17)8(6-10(15)16)7-4-3-5-9(13)11(7)14/h3-6H,2H2,1H3,(H2,15,16). The summed E-state index contributed by atoms with van der Waals surface area (Å²) in [5.74, 6) is -1.45. The molecule has 2 N–H and O–H groups in total. The first-order valence-electron chi connectivity index (χ1n) is 5.10. The Hall–Kier alpha value is -1.52. The second-order valence-corrected chi connectivity index (χ2v) is 4.07. The second-order valence-electron chi connectivity index (χ2n) is 3.28. The van der Waals surface area contributed by atoms with Crippen LogP contribution in [0.15, 0.2) is 24.3 Å². The van der Waals surface area contributed by atoms with Gasteiger partial charge in [0.25, 0.3) is 0 Å². The number of carbonyl (C=O) groups excluding carboxylic acids is 2. The second kappa shape index (κ2) is 6.42. The molecule has 18 heavy (non-hydrogen) atoms. The molecule has 0 saturated carbocycles. The maximum atomic E-state index is 11.7.